The molecule has 7 nitrogen and oxygen atoms in total. The van der Waals surface area contributed by atoms with Crippen molar-refractivity contribution in [3.05, 3.63) is 0 Å². The number of amides is 1. The van der Waals surface area contributed by atoms with Crippen molar-refractivity contribution in [3.8, 4) is 0 Å². The van der Waals surface area contributed by atoms with E-state index in [1.165, 1.54) is 4.31 Å². The van der Waals surface area contributed by atoms with E-state index in [0.29, 0.717) is 26.2 Å². The molecule has 2 aliphatic heterocycles. The summed E-state index contributed by atoms with van der Waals surface area (Å²) in [6.07, 6.45) is 3.17. The molecule has 3 aliphatic rings. The second-order valence-corrected chi connectivity index (χ2v) is 7.68. The van der Waals surface area contributed by atoms with Gasteiger partial charge in [0.25, 0.3) is 10.2 Å². The number of piperidine rings is 1. The zero-order valence-corrected chi connectivity index (χ0v) is 13.6. The van der Waals surface area contributed by atoms with Gasteiger partial charge < -0.3 is 10.2 Å². The molecule has 122 valence electrons. The van der Waals surface area contributed by atoms with Gasteiger partial charge in [0.2, 0.25) is 5.91 Å². The largest absolute Gasteiger partial charge is 0.340 e. The van der Waals surface area contributed by atoms with E-state index in [1.54, 1.807) is 0 Å². The van der Waals surface area contributed by atoms with Crippen molar-refractivity contribution in [2.75, 3.05) is 39.3 Å². The van der Waals surface area contributed by atoms with Gasteiger partial charge in [0.15, 0.2) is 0 Å². The Bertz CT molecular complexity index is 499. The molecule has 1 unspecified atom stereocenters. The Balaban J connectivity index is 0.00000161. The van der Waals surface area contributed by atoms with E-state index in [9.17, 15) is 13.2 Å². The van der Waals surface area contributed by atoms with Crippen molar-refractivity contribution in [2.45, 2.75) is 19.3 Å². The number of rotatable bonds is 2. The molecule has 21 heavy (non-hydrogen) atoms. The van der Waals surface area contributed by atoms with E-state index in [-0.39, 0.29) is 29.6 Å². The molecule has 2 saturated heterocycles. The molecular formula is C12H23ClN4O3S. The first-order valence-electron chi connectivity index (χ1n) is 7.20. The van der Waals surface area contributed by atoms with Crippen molar-refractivity contribution in [1.29, 1.82) is 0 Å². The predicted octanol–water partition coefficient (Wildman–Crippen LogP) is -0.854. The molecule has 0 bridgehead atoms. The molecule has 1 saturated carbocycles. The van der Waals surface area contributed by atoms with Crippen LogP contribution in [0, 0.1) is 11.3 Å². The van der Waals surface area contributed by atoms with Crippen LogP contribution in [0.5, 0.6) is 0 Å². The minimum atomic E-state index is -3.62. The Labute approximate surface area is 131 Å². The maximum absolute atomic E-state index is 12.5. The highest BCUT2D eigenvalue weighted by Crippen LogP contribution is 2.59. The topological polar surface area (TPSA) is 95.7 Å². The van der Waals surface area contributed by atoms with Crippen LogP contribution in [0.25, 0.3) is 0 Å². The van der Waals surface area contributed by atoms with Crippen molar-refractivity contribution in [3.63, 3.8) is 0 Å². The quantitative estimate of drug-likeness (QED) is 0.685. The summed E-state index contributed by atoms with van der Waals surface area (Å²) in [6, 6.07) is 0. The zero-order chi connectivity index (χ0) is 14.4. The number of piperazine rings is 1. The van der Waals surface area contributed by atoms with E-state index in [0.717, 1.165) is 32.4 Å². The number of halogens is 1. The van der Waals surface area contributed by atoms with Crippen molar-refractivity contribution >= 4 is 28.5 Å². The van der Waals surface area contributed by atoms with Gasteiger partial charge in [-0.15, -0.1) is 12.4 Å². The summed E-state index contributed by atoms with van der Waals surface area (Å²) in [4.78, 5) is 14.3. The van der Waals surface area contributed by atoms with Crippen LogP contribution in [-0.2, 0) is 15.0 Å². The Hall–Kier alpha value is -0.410. The number of carbonyl (C=O) groups is 1. The van der Waals surface area contributed by atoms with Gasteiger partial charge in [0.05, 0.1) is 0 Å². The first kappa shape index (κ1) is 17.0. The lowest BCUT2D eigenvalue weighted by Crippen LogP contribution is -2.52. The summed E-state index contributed by atoms with van der Waals surface area (Å²) < 4.78 is 23.7. The average Bonchev–Trinajstić information content (AvgIpc) is 3.11. The van der Waals surface area contributed by atoms with Gasteiger partial charge in [-0.25, -0.2) is 5.14 Å². The van der Waals surface area contributed by atoms with Crippen LogP contribution in [0.2, 0.25) is 0 Å². The lowest BCUT2D eigenvalue weighted by molar-refractivity contribution is -0.134. The second kappa shape index (κ2) is 6.00. The highest BCUT2D eigenvalue weighted by atomic mass is 35.5. The van der Waals surface area contributed by atoms with E-state index < -0.39 is 10.2 Å². The van der Waals surface area contributed by atoms with Gasteiger partial charge in [-0.3, -0.25) is 4.79 Å². The fourth-order valence-corrected chi connectivity index (χ4v) is 4.23. The Kier molecular flexibility index (Phi) is 4.84. The van der Waals surface area contributed by atoms with Crippen molar-refractivity contribution in [1.82, 2.24) is 14.5 Å². The highest BCUT2D eigenvalue weighted by Gasteiger charge is 2.58. The summed E-state index contributed by atoms with van der Waals surface area (Å²) in [7, 11) is -3.62. The lowest BCUT2D eigenvalue weighted by Gasteiger charge is -2.34. The van der Waals surface area contributed by atoms with Gasteiger partial charge in [-0.2, -0.15) is 12.7 Å². The monoisotopic (exact) mass is 338 g/mol. The minimum Gasteiger partial charge on any atom is -0.340 e. The van der Waals surface area contributed by atoms with Gasteiger partial charge in [0, 0.05) is 32.1 Å². The second-order valence-electron chi connectivity index (χ2n) is 6.14. The molecule has 1 spiro atoms. The third kappa shape index (κ3) is 3.34. The molecular weight excluding hydrogens is 316 g/mol. The molecule has 0 aromatic rings. The standard InChI is InChI=1S/C12H22N4O3S.ClH/c13-20(18,19)16-7-5-15(6-8-16)11(17)10-9-12(10)1-3-14-4-2-12;/h10,14H,1-9H2,(H2,13,18,19);1H. The van der Waals surface area contributed by atoms with Crippen LogP contribution >= 0.6 is 12.4 Å². The molecule has 1 amide bonds. The van der Waals surface area contributed by atoms with Gasteiger partial charge in [0.1, 0.15) is 0 Å². The van der Waals surface area contributed by atoms with Crippen LogP contribution in [-0.4, -0.2) is 62.8 Å². The molecule has 0 aromatic heterocycles. The van der Waals surface area contributed by atoms with E-state index in [1.807, 2.05) is 4.90 Å². The fraction of sp³-hybridized carbons (Fsp3) is 0.917. The fourth-order valence-electron chi connectivity index (χ4n) is 3.56. The highest BCUT2D eigenvalue weighted by molar-refractivity contribution is 7.86. The van der Waals surface area contributed by atoms with Crippen molar-refractivity contribution in [2.24, 2.45) is 16.5 Å². The molecule has 0 radical (unpaired) electrons. The van der Waals surface area contributed by atoms with Gasteiger partial charge in [-0.05, 0) is 37.8 Å². The van der Waals surface area contributed by atoms with Crippen LogP contribution in [0.15, 0.2) is 0 Å². The smallest absolute Gasteiger partial charge is 0.277 e. The molecule has 3 rings (SSSR count). The number of nitrogens with one attached hydrogen (secondary N) is 1. The Morgan fingerprint density at radius 2 is 1.71 bits per heavy atom. The molecule has 0 aromatic carbocycles. The first-order chi connectivity index (χ1) is 9.42. The average molecular weight is 339 g/mol. The van der Waals surface area contributed by atoms with Gasteiger partial charge >= 0.3 is 0 Å². The number of hydrogen-bond donors (Lipinski definition) is 2. The maximum Gasteiger partial charge on any atom is 0.277 e. The molecule has 1 aliphatic carbocycles. The third-order valence-corrected chi connectivity index (χ3v) is 6.08. The van der Waals surface area contributed by atoms with Crippen molar-refractivity contribution < 1.29 is 13.2 Å². The zero-order valence-electron chi connectivity index (χ0n) is 12.0. The molecule has 3 N–H and O–H groups in total. The van der Waals surface area contributed by atoms with Crippen LogP contribution in [0.3, 0.4) is 0 Å². The first-order valence-corrected chi connectivity index (χ1v) is 8.70. The van der Waals surface area contributed by atoms with Crippen LogP contribution in [0.1, 0.15) is 19.3 Å². The van der Waals surface area contributed by atoms with Crippen LogP contribution < -0.4 is 10.5 Å². The molecule has 1 atom stereocenters. The summed E-state index contributed by atoms with van der Waals surface area (Å²) in [6.45, 7) is 3.55. The molecule has 9 heteroatoms. The number of nitrogens with zero attached hydrogens (tertiary/aromatic N) is 2. The predicted molar refractivity (Wildman–Crippen MR) is 81.2 cm³/mol. The number of nitrogens with two attached hydrogens (primary N) is 1. The van der Waals surface area contributed by atoms with E-state index in [4.69, 9.17) is 5.14 Å². The lowest BCUT2D eigenvalue weighted by atomic mass is 9.91. The molecule has 2 heterocycles. The van der Waals surface area contributed by atoms with Gasteiger partial charge in [-0.1, -0.05) is 0 Å². The summed E-state index contributed by atoms with van der Waals surface area (Å²) in [5.74, 6) is 0.367. The molecule has 3 fully saturated rings. The van der Waals surface area contributed by atoms with E-state index >= 15 is 0 Å². The Morgan fingerprint density at radius 1 is 1.14 bits per heavy atom. The normalized spacial score (nSPS) is 29.0. The summed E-state index contributed by atoms with van der Waals surface area (Å²) in [5.41, 5.74) is 0.236. The SMILES string of the molecule is Cl.NS(=O)(=O)N1CCN(C(=O)C2CC23CCNCC3)CC1. The number of hydrogen-bond acceptors (Lipinski definition) is 4. The van der Waals surface area contributed by atoms with Crippen LogP contribution in [0.4, 0.5) is 0 Å². The Morgan fingerprint density at radius 3 is 2.24 bits per heavy atom. The third-order valence-electron chi connectivity index (χ3n) is 5.00. The maximum atomic E-state index is 12.5. The number of carbonyl (C=O) groups excluding carboxylic acids is 1. The summed E-state index contributed by atoms with van der Waals surface area (Å²) >= 11 is 0. The minimum absolute atomic E-state index is 0. The van der Waals surface area contributed by atoms with E-state index in [2.05, 4.69) is 5.32 Å². The summed E-state index contributed by atoms with van der Waals surface area (Å²) in [5, 5.41) is 8.43.